The SMILES string of the molecule is Cn1cc2c3sc(C(=O)O)cc3n(C[C@H]3C[C@H](C(F)(F)F)C3)c2n1. The number of thiophene rings is 1. The molecule has 1 aliphatic rings. The van der Waals surface area contributed by atoms with Crippen LogP contribution in [-0.2, 0) is 13.6 Å². The molecule has 9 heteroatoms. The van der Waals surface area contributed by atoms with E-state index in [2.05, 4.69) is 5.10 Å². The Bertz CT molecular complexity index is 947. The van der Waals surface area contributed by atoms with Crippen molar-refractivity contribution >= 4 is 38.6 Å². The van der Waals surface area contributed by atoms with Gasteiger partial charge in [0.05, 0.1) is 21.5 Å². The summed E-state index contributed by atoms with van der Waals surface area (Å²) in [6.45, 7) is 0.430. The summed E-state index contributed by atoms with van der Waals surface area (Å²) in [5.74, 6) is -2.28. The molecule has 0 amide bonds. The molecule has 3 aromatic rings. The van der Waals surface area contributed by atoms with Gasteiger partial charge in [-0.3, -0.25) is 4.68 Å². The highest BCUT2D eigenvalue weighted by atomic mass is 32.1. The smallest absolute Gasteiger partial charge is 0.391 e. The summed E-state index contributed by atoms with van der Waals surface area (Å²) in [6.07, 6.45) is -2.07. The van der Waals surface area contributed by atoms with Gasteiger partial charge < -0.3 is 9.67 Å². The van der Waals surface area contributed by atoms with Crippen molar-refractivity contribution < 1.29 is 23.1 Å². The van der Waals surface area contributed by atoms with Crippen LogP contribution in [0.3, 0.4) is 0 Å². The molecule has 0 aromatic carbocycles. The standard InChI is InChI=1S/C15H14F3N3O2S/c1-20-6-9-12-10(4-11(24-12)14(22)23)21(13(9)19-20)5-7-2-8(3-7)15(16,17)18/h4,6-8H,2-3,5H2,1H3,(H,22,23)/t7-,8-. The number of carboxylic acid groups (broad SMARTS) is 1. The predicted molar refractivity (Wildman–Crippen MR) is 83.3 cm³/mol. The highest BCUT2D eigenvalue weighted by molar-refractivity contribution is 7.21. The molecule has 0 saturated heterocycles. The van der Waals surface area contributed by atoms with Crippen LogP contribution in [0.5, 0.6) is 0 Å². The Labute approximate surface area is 138 Å². The van der Waals surface area contributed by atoms with Gasteiger partial charge in [-0.1, -0.05) is 0 Å². The average Bonchev–Trinajstić information content (AvgIpc) is 3.04. The minimum atomic E-state index is -4.12. The first-order valence-corrected chi connectivity index (χ1v) is 8.31. The summed E-state index contributed by atoms with van der Waals surface area (Å²) in [5.41, 5.74) is 1.44. The van der Waals surface area contributed by atoms with Crippen molar-refractivity contribution in [2.24, 2.45) is 18.9 Å². The lowest BCUT2D eigenvalue weighted by Crippen LogP contribution is -2.37. The fourth-order valence-corrected chi connectivity index (χ4v) is 4.43. The Morgan fingerprint density at radius 1 is 1.46 bits per heavy atom. The van der Waals surface area contributed by atoms with Crippen LogP contribution in [0.4, 0.5) is 13.2 Å². The van der Waals surface area contributed by atoms with Crippen molar-refractivity contribution in [2.45, 2.75) is 25.6 Å². The van der Waals surface area contributed by atoms with Crippen molar-refractivity contribution in [3.63, 3.8) is 0 Å². The van der Waals surface area contributed by atoms with E-state index >= 15 is 0 Å². The molecule has 128 valence electrons. The van der Waals surface area contributed by atoms with E-state index < -0.39 is 18.1 Å². The third-order valence-corrected chi connectivity index (χ3v) is 5.81. The predicted octanol–water partition coefficient (Wildman–Crippen LogP) is 3.88. The normalized spacial score (nSPS) is 21.5. The van der Waals surface area contributed by atoms with Crippen LogP contribution < -0.4 is 0 Å². The summed E-state index contributed by atoms with van der Waals surface area (Å²) in [6, 6.07) is 1.59. The molecule has 1 aliphatic carbocycles. The second kappa shape index (κ2) is 4.98. The topological polar surface area (TPSA) is 60.1 Å². The first kappa shape index (κ1) is 15.5. The maximum absolute atomic E-state index is 12.7. The molecular formula is C15H14F3N3O2S. The van der Waals surface area contributed by atoms with E-state index in [-0.39, 0.29) is 23.6 Å². The van der Waals surface area contributed by atoms with E-state index in [1.54, 1.807) is 17.8 Å². The van der Waals surface area contributed by atoms with Crippen LogP contribution in [0.2, 0.25) is 0 Å². The molecule has 4 rings (SSSR count). The Hall–Kier alpha value is -2.03. The Kier molecular flexibility index (Phi) is 3.22. The number of halogens is 3. The average molecular weight is 357 g/mol. The molecule has 3 heterocycles. The van der Waals surface area contributed by atoms with Gasteiger partial charge >= 0.3 is 12.1 Å². The molecular weight excluding hydrogens is 343 g/mol. The highest BCUT2D eigenvalue weighted by Crippen LogP contribution is 2.46. The zero-order chi connectivity index (χ0) is 17.2. The van der Waals surface area contributed by atoms with Crippen molar-refractivity contribution in [1.29, 1.82) is 0 Å². The van der Waals surface area contributed by atoms with Crippen LogP contribution >= 0.6 is 11.3 Å². The Balaban J connectivity index is 1.71. The number of rotatable bonds is 3. The minimum Gasteiger partial charge on any atom is -0.477 e. The molecule has 0 aliphatic heterocycles. The number of aryl methyl sites for hydroxylation is 1. The first-order valence-electron chi connectivity index (χ1n) is 7.49. The summed E-state index contributed by atoms with van der Waals surface area (Å²) >= 11 is 1.17. The molecule has 1 N–H and O–H groups in total. The molecule has 3 aromatic heterocycles. The van der Waals surface area contributed by atoms with Gasteiger partial charge in [-0.05, 0) is 24.8 Å². The van der Waals surface area contributed by atoms with Gasteiger partial charge in [0, 0.05) is 19.8 Å². The van der Waals surface area contributed by atoms with Gasteiger partial charge in [-0.2, -0.15) is 18.3 Å². The minimum absolute atomic E-state index is 0.0643. The lowest BCUT2D eigenvalue weighted by atomic mass is 9.74. The molecule has 1 saturated carbocycles. The van der Waals surface area contributed by atoms with Crippen molar-refractivity contribution in [3.8, 4) is 0 Å². The van der Waals surface area contributed by atoms with Crippen LogP contribution in [-0.4, -0.2) is 31.6 Å². The number of hydrogen-bond acceptors (Lipinski definition) is 3. The summed E-state index contributed by atoms with van der Waals surface area (Å²) in [5, 5.41) is 14.4. The van der Waals surface area contributed by atoms with E-state index in [1.165, 1.54) is 11.3 Å². The molecule has 0 bridgehead atoms. The zero-order valence-corrected chi connectivity index (χ0v) is 13.5. The van der Waals surface area contributed by atoms with E-state index in [4.69, 9.17) is 0 Å². The van der Waals surface area contributed by atoms with Gasteiger partial charge in [0.25, 0.3) is 0 Å². The second-order valence-corrected chi connectivity index (χ2v) is 7.41. The summed E-state index contributed by atoms with van der Waals surface area (Å²) in [4.78, 5) is 11.4. The maximum Gasteiger partial charge on any atom is 0.391 e. The molecule has 5 nitrogen and oxygen atoms in total. The second-order valence-electron chi connectivity index (χ2n) is 6.36. The molecule has 0 atom stereocenters. The van der Waals surface area contributed by atoms with Crippen molar-refractivity contribution in [2.75, 3.05) is 0 Å². The summed E-state index contributed by atoms with van der Waals surface area (Å²) in [7, 11) is 1.77. The number of alkyl halides is 3. The molecule has 0 radical (unpaired) electrons. The number of carbonyl (C=O) groups is 1. The van der Waals surface area contributed by atoms with Crippen molar-refractivity contribution in [3.05, 3.63) is 17.1 Å². The Morgan fingerprint density at radius 2 is 2.17 bits per heavy atom. The highest BCUT2D eigenvalue weighted by Gasteiger charge is 2.47. The number of aromatic nitrogens is 3. The van der Waals surface area contributed by atoms with E-state index in [0.29, 0.717) is 12.2 Å². The number of nitrogens with zero attached hydrogens (tertiary/aromatic N) is 3. The van der Waals surface area contributed by atoms with Gasteiger partial charge in [-0.15, -0.1) is 11.3 Å². The van der Waals surface area contributed by atoms with Gasteiger partial charge in [0.1, 0.15) is 4.88 Å². The van der Waals surface area contributed by atoms with E-state index in [9.17, 15) is 23.1 Å². The largest absolute Gasteiger partial charge is 0.477 e. The van der Waals surface area contributed by atoms with Gasteiger partial charge in [-0.25, -0.2) is 4.79 Å². The van der Waals surface area contributed by atoms with Crippen molar-refractivity contribution in [1.82, 2.24) is 14.3 Å². The quantitative estimate of drug-likeness (QED) is 0.774. The molecule has 1 fully saturated rings. The molecule has 0 unspecified atom stereocenters. The van der Waals surface area contributed by atoms with Crippen LogP contribution in [0.15, 0.2) is 12.3 Å². The molecule has 0 spiro atoms. The van der Waals surface area contributed by atoms with Crippen LogP contribution in [0, 0.1) is 11.8 Å². The zero-order valence-electron chi connectivity index (χ0n) is 12.7. The number of aromatic carboxylic acids is 1. The maximum atomic E-state index is 12.7. The van der Waals surface area contributed by atoms with Crippen LogP contribution in [0.25, 0.3) is 21.3 Å². The fraction of sp³-hybridized carbons (Fsp3) is 0.467. The Morgan fingerprint density at radius 3 is 2.79 bits per heavy atom. The fourth-order valence-electron chi connectivity index (χ4n) is 3.43. The third-order valence-electron chi connectivity index (χ3n) is 4.66. The lowest BCUT2D eigenvalue weighted by Gasteiger charge is -2.36. The number of carboxylic acids is 1. The number of fused-ring (bicyclic) bond motifs is 3. The van der Waals surface area contributed by atoms with Gasteiger partial charge in [0.2, 0.25) is 0 Å². The van der Waals surface area contributed by atoms with E-state index in [1.807, 2.05) is 10.8 Å². The first-order chi connectivity index (χ1) is 11.2. The lowest BCUT2D eigenvalue weighted by molar-refractivity contribution is -0.205. The summed E-state index contributed by atoms with van der Waals surface area (Å²) < 4.78 is 42.3. The van der Waals surface area contributed by atoms with Crippen LogP contribution in [0.1, 0.15) is 22.5 Å². The third kappa shape index (κ3) is 2.29. The number of hydrogen-bond donors (Lipinski definition) is 1. The molecule has 24 heavy (non-hydrogen) atoms. The monoisotopic (exact) mass is 357 g/mol. The van der Waals surface area contributed by atoms with Gasteiger partial charge in [0.15, 0.2) is 5.65 Å². The van der Waals surface area contributed by atoms with E-state index in [0.717, 1.165) is 15.6 Å².